The first-order chi connectivity index (χ1) is 15.2. The normalized spacial score (nSPS) is 17.3. The second kappa shape index (κ2) is 8.72. The van der Waals surface area contributed by atoms with E-state index < -0.39 is 5.60 Å². The van der Waals surface area contributed by atoms with Gasteiger partial charge < -0.3 is 20.0 Å². The van der Waals surface area contributed by atoms with Crippen LogP contribution >= 0.6 is 9.39 Å². The minimum atomic E-state index is -0.454. The van der Waals surface area contributed by atoms with Crippen molar-refractivity contribution >= 4 is 32.8 Å². The number of rotatable bonds is 5. The fourth-order valence-electron chi connectivity index (χ4n) is 4.37. The lowest BCUT2D eigenvalue weighted by atomic mass is 9.73. The molecule has 0 aromatic heterocycles. The first kappa shape index (κ1) is 22.6. The van der Waals surface area contributed by atoms with Gasteiger partial charge in [-0.1, -0.05) is 24.3 Å². The van der Waals surface area contributed by atoms with Crippen LogP contribution in [0.15, 0.2) is 48.5 Å². The van der Waals surface area contributed by atoms with Crippen LogP contribution < -0.4 is 10.4 Å². The Hall–Kier alpha value is -2.63. The van der Waals surface area contributed by atoms with Gasteiger partial charge in [-0.3, -0.25) is 9.69 Å². The quantitative estimate of drug-likeness (QED) is 0.663. The fraction of sp³-hybridized carbons (Fsp3) is 0.417. The van der Waals surface area contributed by atoms with E-state index in [1.807, 2.05) is 69.3 Å². The zero-order chi connectivity index (χ0) is 22.9. The van der Waals surface area contributed by atoms with Gasteiger partial charge >= 0.3 is 6.09 Å². The molecule has 8 heteroatoms. The predicted molar refractivity (Wildman–Crippen MR) is 130 cm³/mol. The van der Waals surface area contributed by atoms with E-state index in [1.165, 1.54) is 5.56 Å². The topological polar surface area (TPSA) is 73.9 Å². The third-order valence-electron chi connectivity index (χ3n) is 5.78. The molecule has 2 saturated heterocycles. The zero-order valence-corrected chi connectivity index (χ0v) is 20.0. The van der Waals surface area contributed by atoms with Crippen molar-refractivity contribution in [3.8, 4) is 0 Å². The summed E-state index contributed by atoms with van der Waals surface area (Å²) < 4.78 is 5.44. The van der Waals surface area contributed by atoms with Gasteiger partial charge in [0.2, 0.25) is 0 Å². The highest BCUT2D eigenvalue weighted by Gasteiger charge is 2.53. The summed E-state index contributed by atoms with van der Waals surface area (Å²) in [6.45, 7) is 10.0. The van der Waals surface area contributed by atoms with Gasteiger partial charge in [0, 0.05) is 43.7 Å². The molecule has 7 nitrogen and oxygen atoms in total. The molecule has 2 aromatic rings. The smallest absolute Gasteiger partial charge is 0.410 e. The molecule has 2 amide bonds. The number of nitrogens with one attached hydrogen (secondary N) is 2. The van der Waals surface area contributed by atoms with E-state index in [1.54, 1.807) is 4.90 Å². The van der Waals surface area contributed by atoms with Crippen molar-refractivity contribution in [2.24, 2.45) is 5.41 Å². The number of amides is 2. The van der Waals surface area contributed by atoms with Crippen LogP contribution in [0.25, 0.3) is 0 Å². The second-order valence-electron chi connectivity index (χ2n) is 9.82. The van der Waals surface area contributed by atoms with Crippen LogP contribution in [-0.4, -0.2) is 53.6 Å². The van der Waals surface area contributed by atoms with Crippen molar-refractivity contribution in [1.29, 1.82) is 0 Å². The van der Waals surface area contributed by atoms with E-state index in [0.29, 0.717) is 5.56 Å². The Bertz CT molecular complexity index is 989. The highest BCUT2D eigenvalue weighted by atomic mass is 31.0. The van der Waals surface area contributed by atoms with Gasteiger partial charge in [0.25, 0.3) is 5.91 Å². The van der Waals surface area contributed by atoms with Crippen LogP contribution in [0, 0.1) is 5.41 Å². The number of ether oxygens (including phenoxy) is 1. The van der Waals surface area contributed by atoms with E-state index >= 15 is 0 Å². The van der Waals surface area contributed by atoms with Crippen LogP contribution in [0.1, 0.15) is 36.7 Å². The number of benzene rings is 2. The van der Waals surface area contributed by atoms with E-state index in [2.05, 4.69) is 24.7 Å². The molecule has 4 rings (SSSR count). The minimum Gasteiger partial charge on any atom is -0.444 e. The van der Waals surface area contributed by atoms with Gasteiger partial charge in [0.05, 0.1) is 11.4 Å². The number of likely N-dealkylation sites (tertiary alicyclic amines) is 2. The molecule has 2 N–H and O–H groups in total. The highest BCUT2D eigenvalue weighted by molar-refractivity contribution is 7.18. The van der Waals surface area contributed by atoms with Gasteiger partial charge in [0.1, 0.15) is 5.60 Å². The van der Waals surface area contributed by atoms with Gasteiger partial charge in [-0.05, 0) is 60.0 Å². The fourth-order valence-corrected chi connectivity index (χ4v) is 4.62. The molecule has 1 spiro atoms. The largest absolute Gasteiger partial charge is 0.444 e. The predicted octanol–water partition coefficient (Wildman–Crippen LogP) is 4.19. The van der Waals surface area contributed by atoms with Crippen molar-refractivity contribution < 1.29 is 14.3 Å². The summed E-state index contributed by atoms with van der Waals surface area (Å²) in [7, 11) is 2.44. The molecule has 1 atom stereocenters. The lowest BCUT2D eigenvalue weighted by molar-refractivity contribution is -0.115. The van der Waals surface area contributed by atoms with Crippen LogP contribution in [0.4, 0.5) is 16.2 Å². The molecule has 32 heavy (non-hydrogen) atoms. The van der Waals surface area contributed by atoms with Crippen LogP contribution in [0.2, 0.25) is 0 Å². The first-order valence-corrected chi connectivity index (χ1v) is 11.4. The summed E-state index contributed by atoms with van der Waals surface area (Å²) in [5.74, 6) is -0.135. The summed E-state index contributed by atoms with van der Waals surface area (Å²) in [6.07, 6.45) is -0.216. The minimum absolute atomic E-state index is 0.135. The molecule has 2 aliphatic rings. The number of carbonyl (C=O) groups is 2. The number of hydrogen-bond donors (Lipinski definition) is 2. The van der Waals surface area contributed by atoms with E-state index in [9.17, 15) is 9.59 Å². The summed E-state index contributed by atoms with van der Waals surface area (Å²) in [4.78, 5) is 28.9. The third-order valence-corrected chi connectivity index (χ3v) is 6.09. The molecule has 2 heterocycles. The molecular weight excluding hydrogens is 423 g/mol. The van der Waals surface area contributed by atoms with Crippen LogP contribution in [0.5, 0.6) is 0 Å². The number of para-hydroxylation sites is 2. The molecular formula is C24H31N4O3P. The monoisotopic (exact) mass is 454 g/mol. The SMILES string of the molecule is CC(C)(C)OC(=O)N1CC2(CN(Cc3ccc(C(=O)Nc4ccccc4NP)cc3)C2)C1. The number of carbonyl (C=O) groups excluding carboxylic acids is 2. The van der Waals surface area contributed by atoms with E-state index in [-0.39, 0.29) is 17.4 Å². The van der Waals surface area contributed by atoms with E-state index in [0.717, 1.165) is 44.1 Å². The van der Waals surface area contributed by atoms with Crippen molar-refractivity contribution in [3.05, 3.63) is 59.7 Å². The Morgan fingerprint density at radius 2 is 1.62 bits per heavy atom. The Balaban J connectivity index is 1.24. The number of nitrogens with zero attached hydrogens (tertiary/aromatic N) is 2. The Kier molecular flexibility index (Phi) is 6.15. The van der Waals surface area contributed by atoms with Gasteiger partial charge in [-0.15, -0.1) is 0 Å². The van der Waals surface area contributed by atoms with Crippen molar-refractivity contribution in [3.63, 3.8) is 0 Å². The molecule has 0 saturated carbocycles. The summed E-state index contributed by atoms with van der Waals surface area (Å²) in [5.41, 5.74) is 3.14. The standard InChI is InChI=1S/C24H31N4O3P/c1-23(2,3)31-22(30)28-15-24(16-28)13-27(14-24)12-17-8-10-18(11-9-17)21(29)25-19-6-4-5-7-20(19)26-32/h4-11,26H,12-16,32H2,1-3H3,(H,25,29). The molecule has 0 bridgehead atoms. The number of anilines is 2. The molecule has 2 aromatic carbocycles. The summed E-state index contributed by atoms with van der Waals surface area (Å²) in [6, 6.07) is 15.3. The van der Waals surface area contributed by atoms with Gasteiger partial charge in [-0.2, -0.15) is 0 Å². The number of hydrogen-bond acceptors (Lipinski definition) is 5. The van der Waals surface area contributed by atoms with Crippen molar-refractivity contribution in [2.75, 3.05) is 36.6 Å². The average molecular weight is 455 g/mol. The van der Waals surface area contributed by atoms with Gasteiger partial charge in [-0.25, -0.2) is 4.79 Å². The average Bonchev–Trinajstić information content (AvgIpc) is 2.68. The maximum absolute atomic E-state index is 12.6. The maximum Gasteiger partial charge on any atom is 0.410 e. The molecule has 170 valence electrons. The zero-order valence-electron chi connectivity index (χ0n) is 18.9. The van der Waals surface area contributed by atoms with Gasteiger partial charge in [0.15, 0.2) is 0 Å². The Morgan fingerprint density at radius 3 is 2.22 bits per heavy atom. The highest BCUT2D eigenvalue weighted by Crippen LogP contribution is 2.40. The molecule has 0 aliphatic carbocycles. The molecule has 1 unspecified atom stereocenters. The maximum atomic E-state index is 12.6. The van der Waals surface area contributed by atoms with Crippen LogP contribution in [-0.2, 0) is 11.3 Å². The first-order valence-electron chi connectivity index (χ1n) is 10.8. The van der Waals surface area contributed by atoms with Crippen LogP contribution in [0.3, 0.4) is 0 Å². The Labute approximate surface area is 191 Å². The Morgan fingerprint density at radius 1 is 1.00 bits per heavy atom. The summed E-state index contributed by atoms with van der Waals surface area (Å²) in [5, 5.41) is 5.94. The molecule has 2 fully saturated rings. The molecule has 0 radical (unpaired) electrons. The molecule has 2 aliphatic heterocycles. The van der Waals surface area contributed by atoms with Crippen molar-refractivity contribution in [1.82, 2.24) is 9.80 Å². The lowest BCUT2D eigenvalue weighted by Crippen LogP contribution is -2.72. The lowest BCUT2D eigenvalue weighted by Gasteiger charge is -2.60. The van der Waals surface area contributed by atoms with E-state index in [4.69, 9.17) is 4.74 Å². The third kappa shape index (κ3) is 5.05. The second-order valence-corrected chi connectivity index (χ2v) is 10.1. The summed E-state index contributed by atoms with van der Waals surface area (Å²) >= 11 is 0. The van der Waals surface area contributed by atoms with Crippen molar-refractivity contribution in [2.45, 2.75) is 32.9 Å².